The van der Waals surface area contributed by atoms with Gasteiger partial charge >= 0.3 is 11.9 Å². The van der Waals surface area contributed by atoms with Gasteiger partial charge in [0.05, 0.1) is 24.7 Å². The molecule has 0 amide bonds. The van der Waals surface area contributed by atoms with Crippen molar-refractivity contribution in [1.82, 2.24) is 0 Å². The maximum Gasteiger partial charge on any atom is 0.341 e. The lowest BCUT2D eigenvalue weighted by Gasteiger charge is -2.27. The van der Waals surface area contributed by atoms with E-state index in [-0.39, 0.29) is 24.4 Å². The van der Waals surface area contributed by atoms with Crippen LogP contribution >= 0.6 is 0 Å². The van der Waals surface area contributed by atoms with E-state index in [1.807, 2.05) is 0 Å². The van der Waals surface area contributed by atoms with Crippen LogP contribution < -0.4 is 0 Å². The molecule has 0 aromatic rings. The smallest absolute Gasteiger partial charge is 0.341 e. The van der Waals surface area contributed by atoms with E-state index in [4.69, 9.17) is 4.74 Å². The van der Waals surface area contributed by atoms with Gasteiger partial charge in [-0.15, -0.1) is 0 Å². The average molecular weight is 240 g/mol. The van der Waals surface area contributed by atoms with Crippen LogP contribution in [-0.2, 0) is 23.9 Å². The van der Waals surface area contributed by atoms with Gasteiger partial charge in [0, 0.05) is 6.42 Å². The van der Waals surface area contributed by atoms with E-state index in [2.05, 4.69) is 4.74 Å². The topological polar surface area (TPSA) is 69.7 Å². The number of carbonyl (C=O) groups excluding carboxylic acids is 3. The number of hydrogen-bond acceptors (Lipinski definition) is 5. The Kier molecular flexibility index (Phi) is 4.04. The summed E-state index contributed by atoms with van der Waals surface area (Å²) >= 11 is 0. The Bertz CT molecular complexity index is 382. The molecule has 0 N–H and O–H groups in total. The predicted octanol–water partition coefficient (Wildman–Crippen LogP) is 1.02. The third-order valence-corrected chi connectivity index (χ3v) is 2.78. The van der Waals surface area contributed by atoms with Crippen molar-refractivity contribution in [3.05, 3.63) is 11.6 Å². The van der Waals surface area contributed by atoms with Crippen LogP contribution in [-0.4, -0.2) is 31.4 Å². The predicted molar refractivity (Wildman–Crippen MR) is 59.1 cm³/mol. The molecule has 1 aliphatic rings. The van der Waals surface area contributed by atoms with Crippen molar-refractivity contribution in [1.29, 1.82) is 0 Å². The molecule has 0 bridgehead atoms. The molecule has 1 unspecified atom stereocenters. The van der Waals surface area contributed by atoms with Crippen LogP contribution in [0.5, 0.6) is 0 Å². The molecule has 0 heterocycles. The molecule has 5 nitrogen and oxygen atoms in total. The van der Waals surface area contributed by atoms with Crippen molar-refractivity contribution in [3.8, 4) is 0 Å². The largest absolute Gasteiger partial charge is 0.465 e. The summed E-state index contributed by atoms with van der Waals surface area (Å²) in [5.74, 6) is -1.42. The fourth-order valence-electron chi connectivity index (χ4n) is 1.72. The Labute approximate surface area is 99.8 Å². The summed E-state index contributed by atoms with van der Waals surface area (Å²) < 4.78 is 9.45. The van der Waals surface area contributed by atoms with Gasteiger partial charge in [-0.3, -0.25) is 9.59 Å². The average Bonchev–Trinajstić information content (AvgIpc) is 2.32. The van der Waals surface area contributed by atoms with Crippen LogP contribution in [0.15, 0.2) is 11.6 Å². The summed E-state index contributed by atoms with van der Waals surface area (Å²) in [6.45, 7) is 3.63. The standard InChI is InChI=1S/C12H16O5/c1-4-17-11(15)12(2)6-5-9(13)8(7-12)10(14)16-3/h7H,4-6H2,1-3H3. The van der Waals surface area contributed by atoms with Crippen LogP contribution in [0.1, 0.15) is 26.7 Å². The van der Waals surface area contributed by atoms with Crippen LogP contribution in [0, 0.1) is 5.41 Å². The van der Waals surface area contributed by atoms with Gasteiger partial charge in [0.1, 0.15) is 0 Å². The molecule has 1 atom stereocenters. The number of hydrogen-bond donors (Lipinski definition) is 0. The lowest BCUT2D eigenvalue weighted by Crippen LogP contribution is -2.34. The zero-order valence-electron chi connectivity index (χ0n) is 10.2. The number of rotatable bonds is 3. The number of methoxy groups -OCH3 is 1. The van der Waals surface area contributed by atoms with Crippen LogP contribution in [0.25, 0.3) is 0 Å². The van der Waals surface area contributed by atoms with E-state index in [1.54, 1.807) is 13.8 Å². The second kappa shape index (κ2) is 5.12. The Morgan fingerprint density at radius 1 is 1.47 bits per heavy atom. The van der Waals surface area contributed by atoms with Crippen molar-refractivity contribution in [3.63, 3.8) is 0 Å². The number of carbonyl (C=O) groups is 3. The second-order valence-electron chi connectivity index (χ2n) is 4.11. The number of ketones is 1. The molecular formula is C12H16O5. The SMILES string of the molecule is CCOC(=O)C1(C)C=C(C(=O)OC)C(=O)CC1. The van der Waals surface area contributed by atoms with E-state index in [0.717, 1.165) is 0 Å². The van der Waals surface area contributed by atoms with Gasteiger partial charge in [-0.25, -0.2) is 4.79 Å². The van der Waals surface area contributed by atoms with Gasteiger partial charge in [-0.05, 0) is 26.3 Å². The fourth-order valence-corrected chi connectivity index (χ4v) is 1.72. The molecule has 17 heavy (non-hydrogen) atoms. The van der Waals surface area contributed by atoms with E-state index in [1.165, 1.54) is 13.2 Å². The van der Waals surface area contributed by atoms with Crippen LogP contribution in [0.3, 0.4) is 0 Å². The summed E-state index contributed by atoms with van der Waals surface area (Å²) in [5, 5.41) is 0. The zero-order chi connectivity index (χ0) is 13.1. The van der Waals surface area contributed by atoms with E-state index in [9.17, 15) is 14.4 Å². The first-order valence-electron chi connectivity index (χ1n) is 5.46. The molecule has 5 heteroatoms. The normalized spacial score (nSPS) is 23.9. The number of esters is 2. The minimum atomic E-state index is -0.923. The Hall–Kier alpha value is -1.65. The molecule has 0 saturated carbocycles. The minimum absolute atomic E-state index is 0.0608. The van der Waals surface area contributed by atoms with Crippen LogP contribution in [0.2, 0.25) is 0 Å². The first kappa shape index (κ1) is 13.4. The Balaban J connectivity index is 3.04. The van der Waals surface area contributed by atoms with E-state index >= 15 is 0 Å². The number of ether oxygens (including phenoxy) is 2. The molecular weight excluding hydrogens is 224 g/mol. The van der Waals surface area contributed by atoms with Gasteiger partial charge in [-0.1, -0.05) is 0 Å². The maximum atomic E-state index is 11.8. The minimum Gasteiger partial charge on any atom is -0.465 e. The van der Waals surface area contributed by atoms with Gasteiger partial charge in [0.2, 0.25) is 0 Å². The van der Waals surface area contributed by atoms with Gasteiger partial charge < -0.3 is 9.47 Å². The first-order valence-corrected chi connectivity index (χ1v) is 5.46. The third kappa shape index (κ3) is 2.72. The zero-order valence-corrected chi connectivity index (χ0v) is 10.2. The Morgan fingerprint density at radius 2 is 2.12 bits per heavy atom. The number of Topliss-reactive ketones (excluding diaryl/α,β-unsaturated/α-hetero) is 1. The highest BCUT2D eigenvalue weighted by molar-refractivity contribution is 6.18. The fraction of sp³-hybridized carbons (Fsp3) is 0.583. The van der Waals surface area contributed by atoms with Gasteiger partial charge in [0.25, 0.3) is 0 Å². The molecule has 0 aliphatic heterocycles. The van der Waals surface area contributed by atoms with Crippen molar-refractivity contribution in [2.24, 2.45) is 5.41 Å². The summed E-state index contributed by atoms with van der Waals surface area (Å²) in [7, 11) is 1.20. The molecule has 0 aromatic carbocycles. The molecule has 0 saturated heterocycles. The van der Waals surface area contributed by atoms with Crippen molar-refractivity contribution >= 4 is 17.7 Å². The molecule has 0 radical (unpaired) electrons. The third-order valence-electron chi connectivity index (χ3n) is 2.78. The molecule has 1 aliphatic carbocycles. The Morgan fingerprint density at radius 3 is 2.65 bits per heavy atom. The lowest BCUT2D eigenvalue weighted by atomic mass is 9.77. The highest BCUT2D eigenvalue weighted by atomic mass is 16.5. The van der Waals surface area contributed by atoms with Crippen molar-refractivity contribution < 1.29 is 23.9 Å². The summed E-state index contributed by atoms with van der Waals surface area (Å²) in [6.07, 6.45) is 1.87. The summed E-state index contributed by atoms with van der Waals surface area (Å²) in [5.41, 5.74) is -0.984. The lowest BCUT2D eigenvalue weighted by molar-refractivity contribution is -0.152. The monoisotopic (exact) mass is 240 g/mol. The highest BCUT2D eigenvalue weighted by Gasteiger charge is 2.39. The molecule has 0 fully saturated rings. The molecule has 1 rings (SSSR count). The molecule has 0 spiro atoms. The highest BCUT2D eigenvalue weighted by Crippen LogP contribution is 2.33. The van der Waals surface area contributed by atoms with E-state index in [0.29, 0.717) is 6.42 Å². The van der Waals surface area contributed by atoms with E-state index < -0.39 is 17.4 Å². The molecule has 0 aromatic heterocycles. The van der Waals surface area contributed by atoms with Crippen molar-refractivity contribution in [2.75, 3.05) is 13.7 Å². The quantitative estimate of drug-likeness (QED) is 0.544. The first-order chi connectivity index (χ1) is 7.94. The summed E-state index contributed by atoms with van der Waals surface area (Å²) in [6, 6.07) is 0. The van der Waals surface area contributed by atoms with Gasteiger partial charge in [-0.2, -0.15) is 0 Å². The van der Waals surface area contributed by atoms with Crippen LogP contribution in [0.4, 0.5) is 0 Å². The second-order valence-corrected chi connectivity index (χ2v) is 4.11. The molecule has 94 valence electrons. The summed E-state index contributed by atoms with van der Waals surface area (Å²) in [4.78, 5) is 34.7. The van der Waals surface area contributed by atoms with Gasteiger partial charge in [0.15, 0.2) is 5.78 Å². The maximum absolute atomic E-state index is 11.8. The van der Waals surface area contributed by atoms with Crippen molar-refractivity contribution in [2.45, 2.75) is 26.7 Å².